The molecule has 0 saturated heterocycles. The van der Waals surface area contributed by atoms with Gasteiger partial charge >= 0.3 is 0 Å². The van der Waals surface area contributed by atoms with E-state index < -0.39 is 0 Å². The van der Waals surface area contributed by atoms with Gasteiger partial charge in [0, 0.05) is 4.47 Å². The van der Waals surface area contributed by atoms with Crippen LogP contribution < -0.4 is 5.56 Å². The topological polar surface area (TPSA) is 73.4 Å². The van der Waals surface area contributed by atoms with E-state index in [-0.39, 0.29) is 11.2 Å². The number of aromatic amines is 2. The number of nitrogens with one attached hydrogen (secondary N) is 2. The van der Waals surface area contributed by atoms with Crippen molar-refractivity contribution in [3.05, 3.63) is 56.6 Å². The first-order valence-corrected chi connectivity index (χ1v) is 7.43. The van der Waals surface area contributed by atoms with Crippen LogP contribution in [0.2, 0.25) is 0 Å². The van der Waals surface area contributed by atoms with Gasteiger partial charge < -0.3 is 0 Å². The number of benzene rings is 1. The lowest BCUT2D eigenvalue weighted by atomic mass is 10.3. The van der Waals surface area contributed by atoms with E-state index in [9.17, 15) is 4.79 Å². The van der Waals surface area contributed by atoms with E-state index in [1.54, 1.807) is 0 Å². The maximum absolute atomic E-state index is 11.8. The SMILES string of the molecule is O=c1[nH][nH]c(-c2cccs2)c1N=Nc1ccc(Br)cc1. The molecule has 0 fully saturated rings. The molecule has 3 aromatic rings. The van der Waals surface area contributed by atoms with E-state index in [0.29, 0.717) is 11.4 Å². The lowest BCUT2D eigenvalue weighted by molar-refractivity contribution is 1.06. The molecule has 0 aliphatic carbocycles. The highest BCUT2D eigenvalue weighted by Gasteiger charge is 2.12. The molecule has 0 spiro atoms. The number of halogens is 1. The van der Waals surface area contributed by atoms with Crippen LogP contribution in [0.25, 0.3) is 10.6 Å². The number of azo groups is 1. The van der Waals surface area contributed by atoms with Crippen molar-refractivity contribution < 1.29 is 0 Å². The molecule has 0 amide bonds. The highest BCUT2D eigenvalue weighted by atomic mass is 79.9. The Morgan fingerprint density at radius 2 is 1.85 bits per heavy atom. The van der Waals surface area contributed by atoms with E-state index in [1.807, 2.05) is 41.8 Å². The quantitative estimate of drug-likeness (QED) is 0.666. The van der Waals surface area contributed by atoms with Crippen molar-refractivity contribution >= 4 is 38.6 Å². The van der Waals surface area contributed by atoms with E-state index >= 15 is 0 Å². The third-order valence-electron chi connectivity index (χ3n) is 2.61. The molecule has 7 heteroatoms. The highest BCUT2D eigenvalue weighted by molar-refractivity contribution is 9.10. The third kappa shape index (κ3) is 2.63. The Hall–Kier alpha value is -1.99. The minimum atomic E-state index is -0.283. The van der Waals surface area contributed by atoms with Gasteiger partial charge in [0.05, 0.1) is 10.6 Å². The highest BCUT2D eigenvalue weighted by Crippen LogP contribution is 2.29. The predicted molar refractivity (Wildman–Crippen MR) is 83.0 cm³/mol. The Bertz CT molecular complexity index is 787. The molecule has 0 unspecified atom stereocenters. The van der Waals surface area contributed by atoms with Gasteiger partial charge in [-0.2, -0.15) is 5.11 Å². The fourth-order valence-corrected chi connectivity index (χ4v) is 2.65. The van der Waals surface area contributed by atoms with Crippen molar-refractivity contribution in [3.63, 3.8) is 0 Å². The Balaban J connectivity index is 1.97. The minimum Gasteiger partial charge on any atom is -0.294 e. The first-order valence-electron chi connectivity index (χ1n) is 5.76. The molecule has 1 aromatic carbocycles. The summed E-state index contributed by atoms with van der Waals surface area (Å²) in [5.74, 6) is 0. The largest absolute Gasteiger partial charge is 0.294 e. The molecule has 0 aliphatic heterocycles. The molecule has 3 rings (SSSR count). The van der Waals surface area contributed by atoms with Gasteiger partial charge in [0.25, 0.3) is 5.56 Å². The number of aromatic nitrogens is 2. The van der Waals surface area contributed by atoms with E-state index in [0.717, 1.165) is 9.35 Å². The van der Waals surface area contributed by atoms with Crippen LogP contribution in [0.5, 0.6) is 0 Å². The van der Waals surface area contributed by atoms with Crippen LogP contribution in [0.15, 0.2) is 61.3 Å². The number of rotatable bonds is 3. The van der Waals surface area contributed by atoms with Gasteiger partial charge in [-0.3, -0.25) is 15.0 Å². The normalized spacial score (nSPS) is 11.2. The van der Waals surface area contributed by atoms with E-state index in [4.69, 9.17) is 0 Å². The van der Waals surface area contributed by atoms with Crippen molar-refractivity contribution in [1.82, 2.24) is 10.2 Å². The van der Waals surface area contributed by atoms with Gasteiger partial charge in [0.15, 0.2) is 5.69 Å². The van der Waals surface area contributed by atoms with Gasteiger partial charge in [-0.15, -0.1) is 16.5 Å². The smallest absolute Gasteiger partial charge is 0.292 e. The molecular formula is C13H9BrN4OS. The lowest BCUT2D eigenvalue weighted by Gasteiger charge is -1.94. The van der Waals surface area contributed by atoms with Crippen LogP contribution in [0.3, 0.4) is 0 Å². The van der Waals surface area contributed by atoms with E-state index in [1.165, 1.54) is 11.3 Å². The molecule has 20 heavy (non-hydrogen) atoms. The fraction of sp³-hybridized carbons (Fsp3) is 0. The van der Waals surface area contributed by atoms with Gasteiger partial charge in [0.1, 0.15) is 5.69 Å². The molecule has 0 atom stereocenters. The zero-order chi connectivity index (χ0) is 13.9. The van der Waals surface area contributed by atoms with Crippen molar-refractivity contribution in [3.8, 4) is 10.6 Å². The van der Waals surface area contributed by atoms with E-state index in [2.05, 4.69) is 36.4 Å². The van der Waals surface area contributed by atoms with Gasteiger partial charge in [-0.05, 0) is 35.7 Å². The molecule has 0 saturated carbocycles. The standard InChI is InChI=1S/C13H9BrN4OS/c14-8-3-5-9(6-4-8)15-17-12-11(16-18-13(12)19)10-2-1-7-20-10/h1-7H,(H2,16,18,19). The van der Waals surface area contributed by atoms with Crippen molar-refractivity contribution in [2.75, 3.05) is 0 Å². The number of nitrogens with zero attached hydrogens (tertiary/aromatic N) is 2. The van der Waals surface area contributed by atoms with Crippen molar-refractivity contribution in [2.24, 2.45) is 10.2 Å². The summed E-state index contributed by atoms with van der Waals surface area (Å²) in [6.45, 7) is 0. The number of thiophene rings is 1. The van der Waals surface area contributed by atoms with Crippen LogP contribution in [0.4, 0.5) is 11.4 Å². The Morgan fingerprint density at radius 3 is 2.55 bits per heavy atom. The molecular weight excluding hydrogens is 340 g/mol. The number of H-pyrrole nitrogens is 2. The van der Waals surface area contributed by atoms with Crippen LogP contribution >= 0.6 is 27.3 Å². The van der Waals surface area contributed by atoms with Gasteiger partial charge in [-0.25, -0.2) is 0 Å². The monoisotopic (exact) mass is 348 g/mol. The molecule has 5 nitrogen and oxygen atoms in total. The molecule has 100 valence electrons. The Morgan fingerprint density at radius 1 is 1.05 bits per heavy atom. The summed E-state index contributed by atoms with van der Waals surface area (Å²) in [5.41, 5.74) is 1.35. The first-order chi connectivity index (χ1) is 9.74. The van der Waals surface area contributed by atoms with Crippen molar-refractivity contribution in [1.29, 1.82) is 0 Å². The average Bonchev–Trinajstić information content (AvgIpc) is 3.08. The summed E-state index contributed by atoms with van der Waals surface area (Å²) >= 11 is 4.88. The van der Waals surface area contributed by atoms with Crippen molar-refractivity contribution in [2.45, 2.75) is 0 Å². The molecule has 0 bridgehead atoms. The Kier molecular flexibility index (Phi) is 3.62. The summed E-state index contributed by atoms with van der Waals surface area (Å²) in [6, 6.07) is 11.2. The van der Waals surface area contributed by atoms with Gasteiger partial charge in [0.2, 0.25) is 0 Å². The molecule has 2 aromatic heterocycles. The summed E-state index contributed by atoms with van der Waals surface area (Å²) in [7, 11) is 0. The second-order valence-electron chi connectivity index (χ2n) is 3.96. The van der Waals surface area contributed by atoms with Crippen LogP contribution in [0, 0.1) is 0 Å². The summed E-state index contributed by atoms with van der Waals surface area (Å²) in [4.78, 5) is 12.7. The molecule has 0 radical (unpaired) electrons. The summed E-state index contributed by atoms with van der Waals surface area (Å²) < 4.78 is 0.968. The number of hydrogen-bond donors (Lipinski definition) is 2. The maximum atomic E-state index is 11.8. The van der Waals surface area contributed by atoms with Crippen LogP contribution in [-0.2, 0) is 0 Å². The second kappa shape index (κ2) is 5.56. The fourth-order valence-electron chi connectivity index (χ4n) is 1.66. The zero-order valence-electron chi connectivity index (χ0n) is 10.1. The van der Waals surface area contributed by atoms with Crippen LogP contribution in [-0.4, -0.2) is 10.2 Å². The average molecular weight is 349 g/mol. The zero-order valence-corrected chi connectivity index (χ0v) is 12.5. The first kappa shape index (κ1) is 13.0. The molecule has 0 aliphatic rings. The van der Waals surface area contributed by atoms with Crippen LogP contribution in [0.1, 0.15) is 0 Å². The summed E-state index contributed by atoms with van der Waals surface area (Å²) in [6.07, 6.45) is 0. The molecule has 2 heterocycles. The second-order valence-corrected chi connectivity index (χ2v) is 5.82. The predicted octanol–water partition coefficient (Wildman–Crippen LogP) is 4.61. The Labute approximate surface area is 126 Å². The maximum Gasteiger partial charge on any atom is 0.292 e. The third-order valence-corrected chi connectivity index (χ3v) is 4.03. The van der Waals surface area contributed by atoms with Gasteiger partial charge in [-0.1, -0.05) is 22.0 Å². The summed E-state index contributed by atoms with van der Waals surface area (Å²) in [5, 5.41) is 15.5. The minimum absolute atomic E-state index is 0.283. The number of hydrogen-bond acceptors (Lipinski definition) is 4. The molecule has 2 N–H and O–H groups in total. The lowest BCUT2D eigenvalue weighted by Crippen LogP contribution is -1.96.